The molecular formula is C22H17ClN6O2S2. The van der Waals surface area contributed by atoms with Crippen molar-refractivity contribution in [2.24, 2.45) is 0 Å². The average molecular weight is 497 g/mol. The number of carbonyl (C=O) groups is 1. The highest BCUT2D eigenvalue weighted by molar-refractivity contribution is 7.99. The van der Waals surface area contributed by atoms with Gasteiger partial charge in [-0.25, -0.2) is 4.98 Å². The van der Waals surface area contributed by atoms with Gasteiger partial charge >= 0.3 is 0 Å². The topological polar surface area (TPSA) is 112 Å². The molecule has 0 radical (unpaired) electrons. The molecule has 5 aromatic rings. The number of benzene rings is 1. The van der Waals surface area contributed by atoms with E-state index in [0.29, 0.717) is 33.9 Å². The number of carbonyl (C=O) groups excluding carboxylic acids is 1. The summed E-state index contributed by atoms with van der Waals surface area (Å²) >= 11 is 8.86. The minimum atomic E-state index is -0.201. The van der Waals surface area contributed by atoms with Crippen LogP contribution in [0.3, 0.4) is 0 Å². The molecule has 3 N–H and O–H groups in total. The molecule has 33 heavy (non-hydrogen) atoms. The van der Waals surface area contributed by atoms with Crippen molar-refractivity contribution in [1.82, 2.24) is 19.7 Å². The molecule has 0 unspecified atom stereocenters. The maximum Gasteiger partial charge on any atom is 0.234 e. The van der Waals surface area contributed by atoms with Crippen LogP contribution in [-0.2, 0) is 11.3 Å². The molecule has 1 aromatic carbocycles. The fraction of sp³-hybridized carbons (Fsp3) is 0.0909. The van der Waals surface area contributed by atoms with Crippen LogP contribution in [0.5, 0.6) is 0 Å². The normalized spacial score (nSPS) is 11.2. The van der Waals surface area contributed by atoms with E-state index in [0.717, 1.165) is 20.9 Å². The van der Waals surface area contributed by atoms with Gasteiger partial charge in [0.15, 0.2) is 11.0 Å². The first-order chi connectivity index (χ1) is 16.1. The smallest absolute Gasteiger partial charge is 0.234 e. The van der Waals surface area contributed by atoms with Gasteiger partial charge in [0.25, 0.3) is 0 Å². The first-order valence-electron chi connectivity index (χ1n) is 9.86. The van der Waals surface area contributed by atoms with Gasteiger partial charge in [0, 0.05) is 11.6 Å². The number of anilines is 2. The van der Waals surface area contributed by atoms with Crippen LogP contribution in [0.4, 0.5) is 11.4 Å². The molecule has 0 aliphatic heterocycles. The first kappa shape index (κ1) is 21.5. The second-order valence-corrected chi connectivity index (χ2v) is 9.34. The van der Waals surface area contributed by atoms with Gasteiger partial charge in [-0.05, 0) is 36.4 Å². The lowest BCUT2D eigenvalue weighted by atomic mass is 10.2. The van der Waals surface area contributed by atoms with Gasteiger partial charge in [-0.15, -0.1) is 21.5 Å². The maximum atomic E-state index is 12.5. The van der Waals surface area contributed by atoms with Gasteiger partial charge in [-0.1, -0.05) is 35.5 Å². The lowest BCUT2D eigenvalue weighted by molar-refractivity contribution is -0.113. The number of para-hydroxylation sites is 1. The van der Waals surface area contributed by atoms with E-state index in [4.69, 9.17) is 21.8 Å². The van der Waals surface area contributed by atoms with Crippen LogP contribution in [-0.4, -0.2) is 31.4 Å². The summed E-state index contributed by atoms with van der Waals surface area (Å²) in [6, 6.07) is 14.6. The molecule has 8 nitrogen and oxygen atoms in total. The van der Waals surface area contributed by atoms with Crippen LogP contribution in [0, 0.1) is 0 Å². The number of halogens is 1. The zero-order chi connectivity index (χ0) is 22.8. The molecule has 1 amide bonds. The fourth-order valence-electron chi connectivity index (χ4n) is 3.26. The lowest BCUT2D eigenvalue weighted by Crippen LogP contribution is -2.15. The van der Waals surface area contributed by atoms with E-state index in [1.807, 2.05) is 34.9 Å². The highest BCUT2D eigenvalue weighted by Crippen LogP contribution is 2.40. The summed E-state index contributed by atoms with van der Waals surface area (Å²) < 4.78 is 7.44. The summed E-state index contributed by atoms with van der Waals surface area (Å²) in [4.78, 5) is 18.5. The van der Waals surface area contributed by atoms with E-state index in [-0.39, 0.29) is 11.7 Å². The number of hydrogen-bond acceptors (Lipinski definition) is 8. The second-order valence-electron chi connectivity index (χ2n) is 6.99. The van der Waals surface area contributed by atoms with Crippen LogP contribution < -0.4 is 11.1 Å². The Morgan fingerprint density at radius 2 is 2.06 bits per heavy atom. The number of amides is 1. The number of thioether (sulfide) groups is 1. The van der Waals surface area contributed by atoms with E-state index >= 15 is 0 Å². The fourth-order valence-corrected chi connectivity index (χ4v) is 5.24. The number of nitrogens with two attached hydrogens (primary N) is 1. The second kappa shape index (κ2) is 9.26. The number of nitrogen functional groups attached to an aromatic ring is 1. The molecule has 0 spiro atoms. The van der Waals surface area contributed by atoms with Crippen LogP contribution in [0.15, 0.2) is 70.6 Å². The lowest BCUT2D eigenvalue weighted by Gasteiger charge is -2.09. The standard InChI is InChI=1S/C22H17ClN6O2S2/c23-15-7-1-2-8-16(15)26-17(30)12-32-22-28-27-20(29(22)11-13-5-4-10-31-13)19-18(24)14-6-3-9-25-21(14)33-19/h1-10H,11-12,24H2,(H,26,30). The van der Waals surface area contributed by atoms with Crippen molar-refractivity contribution in [3.63, 3.8) is 0 Å². The zero-order valence-electron chi connectivity index (χ0n) is 17.1. The van der Waals surface area contributed by atoms with E-state index in [1.165, 1.54) is 23.1 Å². The van der Waals surface area contributed by atoms with Gasteiger partial charge in [0.2, 0.25) is 5.91 Å². The Balaban J connectivity index is 1.43. The summed E-state index contributed by atoms with van der Waals surface area (Å²) in [5, 5.41) is 13.5. The Hall–Kier alpha value is -3.34. The Labute approximate surface area is 201 Å². The predicted octanol–water partition coefficient (Wildman–Crippen LogP) is 5.16. The molecule has 0 bridgehead atoms. The van der Waals surface area contributed by atoms with Crippen molar-refractivity contribution in [3.8, 4) is 10.7 Å². The van der Waals surface area contributed by atoms with E-state index < -0.39 is 0 Å². The molecule has 0 aliphatic rings. The zero-order valence-corrected chi connectivity index (χ0v) is 19.5. The summed E-state index contributed by atoms with van der Waals surface area (Å²) in [5.74, 6) is 1.26. The largest absolute Gasteiger partial charge is 0.467 e. The Morgan fingerprint density at radius 3 is 2.85 bits per heavy atom. The molecule has 11 heteroatoms. The van der Waals surface area contributed by atoms with E-state index in [9.17, 15) is 4.79 Å². The van der Waals surface area contributed by atoms with Crippen LogP contribution in [0.2, 0.25) is 5.02 Å². The highest BCUT2D eigenvalue weighted by Gasteiger charge is 2.22. The van der Waals surface area contributed by atoms with Crippen molar-refractivity contribution < 1.29 is 9.21 Å². The number of rotatable bonds is 7. The molecule has 0 saturated heterocycles. The van der Waals surface area contributed by atoms with E-state index in [1.54, 1.807) is 30.7 Å². The van der Waals surface area contributed by atoms with E-state index in [2.05, 4.69) is 20.5 Å². The number of fused-ring (bicyclic) bond motifs is 1. The quantitative estimate of drug-likeness (QED) is 0.299. The number of aromatic nitrogens is 4. The van der Waals surface area contributed by atoms with Crippen LogP contribution in [0.1, 0.15) is 5.76 Å². The van der Waals surface area contributed by atoms with Crippen LogP contribution in [0.25, 0.3) is 20.9 Å². The summed E-state index contributed by atoms with van der Waals surface area (Å²) in [7, 11) is 0. The van der Waals surface area contributed by atoms with Gasteiger partial charge < -0.3 is 15.5 Å². The van der Waals surface area contributed by atoms with Gasteiger partial charge in [0.1, 0.15) is 10.6 Å². The molecular weight excluding hydrogens is 480 g/mol. The minimum absolute atomic E-state index is 0.130. The number of furan rings is 1. The third kappa shape index (κ3) is 4.45. The molecule has 4 aromatic heterocycles. The van der Waals surface area contributed by atoms with Crippen molar-refractivity contribution >= 4 is 62.2 Å². The molecule has 0 atom stereocenters. The average Bonchev–Trinajstić information content (AvgIpc) is 3.55. The third-order valence-electron chi connectivity index (χ3n) is 4.80. The number of nitrogens with one attached hydrogen (secondary N) is 1. The number of nitrogens with zero attached hydrogens (tertiary/aromatic N) is 4. The highest BCUT2D eigenvalue weighted by atomic mass is 35.5. The first-order valence-corrected chi connectivity index (χ1v) is 12.0. The van der Waals surface area contributed by atoms with Crippen molar-refractivity contribution in [2.75, 3.05) is 16.8 Å². The van der Waals surface area contributed by atoms with Crippen molar-refractivity contribution in [1.29, 1.82) is 0 Å². The van der Waals surface area contributed by atoms with Gasteiger partial charge in [-0.2, -0.15) is 0 Å². The molecule has 0 saturated carbocycles. The number of pyridine rings is 1. The molecule has 166 valence electrons. The molecule has 0 fully saturated rings. The SMILES string of the molecule is Nc1c(-c2nnc(SCC(=O)Nc3ccccc3Cl)n2Cc2ccco2)sc2ncccc12. The Bertz CT molecular complexity index is 1430. The number of thiophene rings is 1. The minimum Gasteiger partial charge on any atom is -0.467 e. The summed E-state index contributed by atoms with van der Waals surface area (Å²) in [5.41, 5.74) is 7.59. The predicted molar refractivity (Wildman–Crippen MR) is 132 cm³/mol. The number of hydrogen-bond donors (Lipinski definition) is 2. The summed E-state index contributed by atoms with van der Waals surface area (Å²) in [6.45, 7) is 0.394. The molecule has 0 aliphatic carbocycles. The van der Waals surface area contributed by atoms with Crippen molar-refractivity contribution in [2.45, 2.75) is 11.7 Å². The third-order valence-corrected chi connectivity index (χ3v) is 7.22. The van der Waals surface area contributed by atoms with Gasteiger partial charge in [-0.3, -0.25) is 9.36 Å². The van der Waals surface area contributed by atoms with Gasteiger partial charge in [0.05, 0.1) is 39.8 Å². The molecule has 5 rings (SSSR count). The Kier molecular flexibility index (Phi) is 6.03. The summed E-state index contributed by atoms with van der Waals surface area (Å²) in [6.07, 6.45) is 3.34. The maximum absolute atomic E-state index is 12.5. The van der Waals surface area contributed by atoms with Crippen LogP contribution >= 0.6 is 34.7 Å². The monoisotopic (exact) mass is 496 g/mol. The van der Waals surface area contributed by atoms with Crippen molar-refractivity contribution in [3.05, 3.63) is 71.8 Å². The molecule has 4 heterocycles. The Morgan fingerprint density at radius 1 is 1.18 bits per heavy atom.